The number of nitrogens with zero attached hydrogens (tertiary/aromatic N) is 3. The summed E-state index contributed by atoms with van der Waals surface area (Å²) in [6, 6.07) is 9.99. The largest absolute Gasteiger partial charge is 0.478 e. The molecule has 3 rings (SSSR count). The third-order valence-corrected chi connectivity index (χ3v) is 2.76. The average Bonchev–Trinajstić information content (AvgIpc) is 2.84. The van der Waals surface area contributed by atoms with Crippen molar-refractivity contribution in [3.05, 3.63) is 48.2 Å². The number of carboxylic acid groups (broad SMARTS) is 1. The second kappa shape index (κ2) is 4.09. The SMILES string of the molecule is Nc1cccn2nc(-c3cccc(C(=O)O)c3)nc12. The van der Waals surface area contributed by atoms with Crippen LogP contribution >= 0.6 is 0 Å². The Morgan fingerprint density at radius 1 is 1.26 bits per heavy atom. The lowest BCUT2D eigenvalue weighted by Crippen LogP contribution is -1.96. The number of hydrogen-bond acceptors (Lipinski definition) is 4. The number of pyridine rings is 1. The first-order chi connectivity index (χ1) is 9.15. The van der Waals surface area contributed by atoms with Crippen LogP contribution in [0.4, 0.5) is 5.69 Å². The zero-order valence-corrected chi connectivity index (χ0v) is 9.82. The van der Waals surface area contributed by atoms with Gasteiger partial charge >= 0.3 is 5.97 Å². The Morgan fingerprint density at radius 3 is 2.84 bits per heavy atom. The maximum atomic E-state index is 10.9. The molecule has 3 N–H and O–H groups in total. The highest BCUT2D eigenvalue weighted by atomic mass is 16.4. The van der Waals surface area contributed by atoms with Gasteiger partial charge in [0, 0.05) is 11.8 Å². The van der Waals surface area contributed by atoms with Gasteiger partial charge < -0.3 is 10.8 Å². The topological polar surface area (TPSA) is 93.5 Å². The fourth-order valence-electron chi connectivity index (χ4n) is 1.84. The van der Waals surface area contributed by atoms with Crippen LogP contribution in [-0.2, 0) is 0 Å². The van der Waals surface area contributed by atoms with Crippen LogP contribution in [-0.4, -0.2) is 25.7 Å². The molecule has 0 aliphatic carbocycles. The normalized spacial score (nSPS) is 10.7. The van der Waals surface area contributed by atoms with Gasteiger partial charge in [0.2, 0.25) is 0 Å². The number of carbonyl (C=O) groups is 1. The van der Waals surface area contributed by atoms with Gasteiger partial charge in [-0.15, -0.1) is 5.10 Å². The van der Waals surface area contributed by atoms with Crippen LogP contribution in [0.5, 0.6) is 0 Å². The molecular weight excluding hydrogens is 244 g/mol. The standard InChI is InChI=1S/C13H10N4O2/c14-10-5-2-6-17-12(10)15-11(16-17)8-3-1-4-9(7-8)13(18)19/h1-7H,14H2,(H,18,19). The summed E-state index contributed by atoms with van der Waals surface area (Å²) in [5.74, 6) is -0.536. The van der Waals surface area contributed by atoms with Gasteiger partial charge in [-0.2, -0.15) is 0 Å². The molecule has 1 aromatic carbocycles. The third-order valence-electron chi connectivity index (χ3n) is 2.76. The smallest absolute Gasteiger partial charge is 0.335 e. The van der Waals surface area contributed by atoms with Gasteiger partial charge in [0.15, 0.2) is 11.5 Å². The molecule has 94 valence electrons. The van der Waals surface area contributed by atoms with E-state index in [0.717, 1.165) is 0 Å². The quantitative estimate of drug-likeness (QED) is 0.725. The maximum Gasteiger partial charge on any atom is 0.335 e. The number of benzene rings is 1. The molecule has 0 radical (unpaired) electrons. The fraction of sp³-hybridized carbons (Fsp3) is 0. The Balaban J connectivity index is 2.16. The summed E-state index contributed by atoms with van der Waals surface area (Å²) in [6.45, 7) is 0. The van der Waals surface area contributed by atoms with E-state index >= 15 is 0 Å². The molecule has 0 fully saturated rings. The Bertz CT molecular complexity index is 779. The molecular formula is C13H10N4O2. The molecule has 6 heteroatoms. The van der Waals surface area contributed by atoms with Gasteiger partial charge in [-0.3, -0.25) is 0 Å². The van der Waals surface area contributed by atoms with Gasteiger partial charge in [0.1, 0.15) is 0 Å². The summed E-state index contributed by atoms with van der Waals surface area (Å²) in [7, 11) is 0. The van der Waals surface area contributed by atoms with Gasteiger partial charge in [-0.25, -0.2) is 14.3 Å². The maximum absolute atomic E-state index is 10.9. The summed E-state index contributed by atoms with van der Waals surface area (Å²) < 4.78 is 1.57. The van der Waals surface area contributed by atoms with E-state index in [4.69, 9.17) is 10.8 Å². The van der Waals surface area contributed by atoms with Gasteiger partial charge in [-0.1, -0.05) is 12.1 Å². The molecule has 0 aliphatic heterocycles. The van der Waals surface area contributed by atoms with Crippen molar-refractivity contribution in [1.82, 2.24) is 14.6 Å². The molecule has 0 aliphatic rings. The summed E-state index contributed by atoms with van der Waals surface area (Å²) in [5, 5.41) is 13.3. The second-order valence-corrected chi connectivity index (χ2v) is 4.05. The van der Waals surface area contributed by atoms with E-state index in [9.17, 15) is 4.79 Å². The number of hydrogen-bond donors (Lipinski definition) is 2. The highest BCUT2D eigenvalue weighted by Gasteiger charge is 2.10. The zero-order chi connectivity index (χ0) is 13.4. The van der Waals surface area contributed by atoms with E-state index < -0.39 is 5.97 Å². The minimum absolute atomic E-state index is 0.198. The van der Waals surface area contributed by atoms with Crippen LogP contribution < -0.4 is 5.73 Å². The van der Waals surface area contributed by atoms with E-state index in [1.807, 2.05) is 0 Å². The first kappa shape index (κ1) is 11.2. The minimum Gasteiger partial charge on any atom is -0.478 e. The summed E-state index contributed by atoms with van der Waals surface area (Å²) in [4.78, 5) is 15.3. The van der Waals surface area contributed by atoms with E-state index in [2.05, 4.69) is 10.1 Å². The molecule has 0 saturated carbocycles. The highest BCUT2D eigenvalue weighted by molar-refractivity contribution is 5.89. The lowest BCUT2D eigenvalue weighted by Gasteiger charge is -1.97. The van der Waals surface area contributed by atoms with Gasteiger partial charge in [0.25, 0.3) is 0 Å². The van der Waals surface area contributed by atoms with Crippen molar-refractivity contribution >= 4 is 17.3 Å². The average molecular weight is 254 g/mol. The molecule has 0 bridgehead atoms. The van der Waals surface area contributed by atoms with E-state index in [1.165, 1.54) is 12.1 Å². The van der Waals surface area contributed by atoms with Crippen molar-refractivity contribution in [2.75, 3.05) is 5.73 Å². The van der Waals surface area contributed by atoms with E-state index in [0.29, 0.717) is 22.7 Å². The number of rotatable bonds is 2. The number of aromatic nitrogens is 3. The Hall–Kier alpha value is -2.89. The summed E-state index contributed by atoms with van der Waals surface area (Å²) in [5.41, 5.74) is 7.73. The lowest BCUT2D eigenvalue weighted by molar-refractivity contribution is 0.0697. The number of nitrogens with two attached hydrogens (primary N) is 1. The van der Waals surface area contributed by atoms with Crippen LogP contribution in [0.2, 0.25) is 0 Å². The first-order valence-corrected chi connectivity index (χ1v) is 5.60. The summed E-state index contributed by atoms with van der Waals surface area (Å²) in [6.07, 6.45) is 1.74. The monoisotopic (exact) mass is 254 g/mol. The van der Waals surface area contributed by atoms with Crippen molar-refractivity contribution in [2.24, 2.45) is 0 Å². The molecule has 0 atom stereocenters. The molecule has 6 nitrogen and oxygen atoms in total. The Kier molecular flexibility index (Phi) is 2.42. The van der Waals surface area contributed by atoms with E-state index in [-0.39, 0.29) is 5.56 Å². The highest BCUT2D eigenvalue weighted by Crippen LogP contribution is 2.19. The van der Waals surface area contributed by atoms with Crippen molar-refractivity contribution in [3.8, 4) is 11.4 Å². The second-order valence-electron chi connectivity index (χ2n) is 4.05. The van der Waals surface area contributed by atoms with Gasteiger partial charge in [0.05, 0.1) is 11.3 Å². The predicted octanol–water partition coefficient (Wildman–Crippen LogP) is 1.68. The van der Waals surface area contributed by atoms with Crippen LogP contribution in [0.1, 0.15) is 10.4 Å². The van der Waals surface area contributed by atoms with Crippen LogP contribution in [0.15, 0.2) is 42.6 Å². The number of nitrogen functional groups attached to an aromatic ring is 1. The van der Waals surface area contributed by atoms with Gasteiger partial charge in [-0.05, 0) is 24.3 Å². The minimum atomic E-state index is -0.981. The molecule has 2 heterocycles. The third kappa shape index (κ3) is 1.89. The number of fused-ring (bicyclic) bond motifs is 1. The Labute approximate surface area is 108 Å². The number of carboxylic acids is 1. The van der Waals surface area contributed by atoms with Crippen LogP contribution in [0.25, 0.3) is 17.0 Å². The summed E-state index contributed by atoms with van der Waals surface area (Å²) >= 11 is 0. The molecule has 0 saturated heterocycles. The molecule has 0 unspecified atom stereocenters. The van der Waals surface area contributed by atoms with Crippen LogP contribution in [0, 0.1) is 0 Å². The predicted molar refractivity (Wildman–Crippen MR) is 69.8 cm³/mol. The Morgan fingerprint density at radius 2 is 2.11 bits per heavy atom. The van der Waals surface area contributed by atoms with Crippen LogP contribution in [0.3, 0.4) is 0 Å². The molecule has 19 heavy (non-hydrogen) atoms. The lowest BCUT2D eigenvalue weighted by atomic mass is 10.1. The molecule has 0 spiro atoms. The van der Waals surface area contributed by atoms with E-state index in [1.54, 1.807) is 35.0 Å². The molecule has 3 aromatic rings. The molecule has 2 aromatic heterocycles. The molecule has 0 amide bonds. The van der Waals surface area contributed by atoms with Crippen molar-refractivity contribution in [3.63, 3.8) is 0 Å². The number of aromatic carboxylic acids is 1. The fourth-order valence-corrected chi connectivity index (χ4v) is 1.84. The van der Waals surface area contributed by atoms with Crippen molar-refractivity contribution in [2.45, 2.75) is 0 Å². The first-order valence-electron chi connectivity index (χ1n) is 5.60. The zero-order valence-electron chi connectivity index (χ0n) is 9.82. The van der Waals surface area contributed by atoms with Crippen molar-refractivity contribution < 1.29 is 9.90 Å². The van der Waals surface area contributed by atoms with Crippen molar-refractivity contribution in [1.29, 1.82) is 0 Å². The number of anilines is 1.